The molecule has 0 atom stereocenters. The van der Waals surface area contributed by atoms with Crippen LogP contribution >= 0.6 is 15.9 Å². The summed E-state index contributed by atoms with van der Waals surface area (Å²) in [7, 11) is 0. The van der Waals surface area contributed by atoms with Gasteiger partial charge in [-0.05, 0) is 40.5 Å². The van der Waals surface area contributed by atoms with Crippen LogP contribution < -0.4 is 11.0 Å². The lowest BCUT2D eigenvalue weighted by atomic mass is 10.2. The van der Waals surface area contributed by atoms with Crippen molar-refractivity contribution in [3.8, 4) is 5.69 Å². The Morgan fingerprint density at radius 1 is 1.17 bits per heavy atom. The lowest BCUT2D eigenvalue weighted by Gasteiger charge is -2.07. The van der Waals surface area contributed by atoms with Crippen molar-refractivity contribution in [3.05, 3.63) is 86.7 Å². The Labute approximate surface area is 147 Å². The predicted molar refractivity (Wildman–Crippen MR) is 99.9 cm³/mol. The molecule has 0 radical (unpaired) electrons. The fourth-order valence-electron chi connectivity index (χ4n) is 2.19. The molecule has 0 aliphatic heterocycles. The Kier molecular flexibility index (Phi) is 4.86. The van der Waals surface area contributed by atoms with Crippen molar-refractivity contribution >= 4 is 27.8 Å². The molecule has 6 heteroatoms. The highest BCUT2D eigenvalue weighted by atomic mass is 79.9. The number of nitrogens with one attached hydrogen (secondary N) is 1. The monoisotopic (exact) mass is 382 g/mol. The van der Waals surface area contributed by atoms with Gasteiger partial charge in [0, 0.05) is 0 Å². The van der Waals surface area contributed by atoms with Gasteiger partial charge in [0.05, 0.1) is 23.8 Å². The van der Waals surface area contributed by atoms with Gasteiger partial charge in [0.25, 0.3) is 5.56 Å². The van der Waals surface area contributed by atoms with Crippen LogP contribution in [0.3, 0.4) is 0 Å². The Morgan fingerprint density at radius 2 is 1.96 bits per heavy atom. The largest absolute Gasteiger partial charge is 0.287 e. The third-order valence-electron chi connectivity index (χ3n) is 3.36. The summed E-state index contributed by atoms with van der Waals surface area (Å²) in [5, 5.41) is 8.35. The third-order valence-corrected chi connectivity index (χ3v) is 4.13. The van der Waals surface area contributed by atoms with Gasteiger partial charge >= 0.3 is 0 Å². The van der Waals surface area contributed by atoms with Crippen LogP contribution in [-0.2, 0) is 0 Å². The Bertz CT molecular complexity index is 935. The highest BCUT2D eigenvalue weighted by molar-refractivity contribution is 9.10. The molecule has 3 aromatic rings. The number of aromatic nitrogens is 2. The van der Waals surface area contributed by atoms with E-state index in [1.54, 1.807) is 12.4 Å². The van der Waals surface area contributed by atoms with Crippen molar-refractivity contribution in [2.24, 2.45) is 5.10 Å². The number of hydrogen-bond donors (Lipinski definition) is 1. The quantitative estimate of drug-likeness (QED) is 0.552. The number of halogens is 1. The first-order valence-corrected chi connectivity index (χ1v) is 8.13. The second-order valence-corrected chi connectivity index (χ2v) is 6.00. The molecule has 0 fully saturated rings. The van der Waals surface area contributed by atoms with E-state index in [-0.39, 0.29) is 5.56 Å². The van der Waals surface area contributed by atoms with Crippen molar-refractivity contribution in [1.29, 1.82) is 0 Å². The van der Waals surface area contributed by atoms with Gasteiger partial charge in [-0.3, -0.25) is 10.2 Å². The molecular formula is C18H15BrN4O. The number of hydrogen-bond acceptors (Lipinski definition) is 4. The predicted octanol–water partition coefficient (Wildman–Crippen LogP) is 3.75. The van der Waals surface area contributed by atoms with Crippen LogP contribution in [0.5, 0.6) is 0 Å². The molecule has 3 rings (SSSR count). The van der Waals surface area contributed by atoms with Gasteiger partial charge in [-0.15, -0.1) is 0 Å². The van der Waals surface area contributed by atoms with E-state index in [0.29, 0.717) is 15.8 Å². The van der Waals surface area contributed by atoms with E-state index in [1.807, 2.05) is 61.5 Å². The maximum Gasteiger partial charge on any atom is 0.287 e. The zero-order chi connectivity index (χ0) is 16.9. The molecule has 0 saturated carbocycles. The van der Waals surface area contributed by atoms with E-state index in [0.717, 1.165) is 11.1 Å². The number of nitrogens with zero attached hydrogens (tertiary/aromatic N) is 3. The van der Waals surface area contributed by atoms with E-state index in [1.165, 1.54) is 4.68 Å². The zero-order valence-electron chi connectivity index (χ0n) is 13.0. The lowest BCUT2D eigenvalue weighted by Crippen LogP contribution is -2.22. The molecular weight excluding hydrogens is 368 g/mol. The van der Waals surface area contributed by atoms with E-state index in [4.69, 9.17) is 0 Å². The van der Waals surface area contributed by atoms with Gasteiger partial charge in [0.2, 0.25) is 0 Å². The minimum Gasteiger partial charge on any atom is -0.275 e. The first kappa shape index (κ1) is 16.1. The van der Waals surface area contributed by atoms with Crippen LogP contribution in [0.1, 0.15) is 11.1 Å². The van der Waals surface area contributed by atoms with Crippen LogP contribution in [0, 0.1) is 6.92 Å². The molecule has 0 spiro atoms. The molecule has 0 amide bonds. The van der Waals surface area contributed by atoms with Gasteiger partial charge in [-0.1, -0.05) is 48.0 Å². The van der Waals surface area contributed by atoms with Gasteiger partial charge in [0.1, 0.15) is 4.47 Å². The highest BCUT2D eigenvalue weighted by Crippen LogP contribution is 2.17. The first-order chi connectivity index (χ1) is 11.6. The second-order valence-electron chi connectivity index (χ2n) is 5.21. The van der Waals surface area contributed by atoms with Gasteiger partial charge < -0.3 is 0 Å². The number of para-hydroxylation sites is 1. The number of hydrazone groups is 1. The SMILES string of the molecule is Cc1cccc(/C=N\Nc2cnn(-c3ccccc3)c(=O)c2Br)c1. The highest BCUT2D eigenvalue weighted by Gasteiger charge is 2.09. The molecule has 0 saturated heterocycles. The summed E-state index contributed by atoms with van der Waals surface area (Å²) in [5.74, 6) is 0. The third kappa shape index (κ3) is 3.60. The summed E-state index contributed by atoms with van der Waals surface area (Å²) in [4.78, 5) is 12.4. The average molecular weight is 383 g/mol. The molecule has 0 aliphatic rings. The van der Waals surface area contributed by atoms with Crippen molar-refractivity contribution < 1.29 is 0 Å². The summed E-state index contributed by atoms with van der Waals surface area (Å²) in [6.45, 7) is 2.02. The molecule has 1 aromatic heterocycles. The van der Waals surface area contributed by atoms with Crippen LogP contribution in [-0.4, -0.2) is 16.0 Å². The standard InChI is InChI=1S/C18H15BrN4O/c1-13-6-5-7-14(10-13)11-20-22-16-12-21-23(18(24)17(16)19)15-8-3-2-4-9-15/h2-12,22H,1H3/b20-11-. The van der Waals surface area contributed by atoms with Crippen LogP contribution in [0.25, 0.3) is 5.69 Å². The molecule has 0 unspecified atom stereocenters. The van der Waals surface area contributed by atoms with E-state index in [9.17, 15) is 4.79 Å². The summed E-state index contributed by atoms with van der Waals surface area (Å²) < 4.78 is 1.71. The molecule has 24 heavy (non-hydrogen) atoms. The van der Waals surface area contributed by atoms with E-state index < -0.39 is 0 Å². The fourth-order valence-corrected chi connectivity index (χ4v) is 2.55. The molecule has 0 bridgehead atoms. The molecule has 5 nitrogen and oxygen atoms in total. The van der Waals surface area contributed by atoms with E-state index in [2.05, 4.69) is 31.6 Å². The number of aryl methyl sites for hydroxylation is 1. The molecule has 2 aromatic carbocycles. The zero-order valence-corrected chi connectivity index (χ0v) is 14.6. The van der Waals surface area contributed by atoms with Crippen LogP contribution in [0.2, 0.25) is 0 Å². The van der Waals surface area contributed by atoms with Gasteiger partial charge in [-0.25, -0.2) is 0 Å². The molecule has 120 valence electrons. The van der Waals surface area contributed by atoms with Gasteiger partial charge in [-0.2, -0.15) is 14.9 Å². The van der Waals surface area contributed by atoms with Crippen molar-refractivity contribution in [2.45, 2.75) is 6.92 Å². The fraction of sp³-hybridized carbons (Fsp3) is 0.0556. The molecule has 1 N–H and O–H groups in total. The molecule has 0 aliphatic carbocycles. The Balaban J connectivity index is 1.83. The summed E-state index contributed by atoms with van der Waals surface area (Å²) in [5.41, 5.74) is 5.95. The smallest absolute Gasteiger partial charge is 0.275 e. The van der Waals surface area contributed by atoms with E-state index >= 15 is 0 Å². The van der Waals surface area contributed by atoms with Crippen molar-refractivity contribution in [2.75, 3.05) is 5.43 Å². The lowest BCUT2D eigenvalue weighted by molar-refractivity contribution is 0.801. The Morgan fingerprint density at radius 3 is 2.71 bits per heavy atom. The second kappa shape index (κ2) is 7.23. The normalized spacial score (nSPS) is 10.9. The van der Waals surface area contributed by atoms with Gasteiger partial charge in [0.15, 0.2) is 0 Å². The van der Waals surface area contributed by atoms with Crippen LogP contribution in [0.4, 0.5) is 5.69 Å². The number of rotatable bonds is 4. The minimum absolute atomic E-state index is 0.253. The number of benzene rings is 2. The minimum atomic E-state index is -0.253. The van der Waals surface area contributed by atoms with Crippen molar-refractivity contribution in [1.82, 2.24) is 9.78 Å². The van der Waals surface area contributed by atoms with Crippen molar-refractivity contribution in [3.63, 3.8) is 0 Å². The first-order valence-electron chi connectivity index (χ1n) is 7.34. The molecule has 1 heterocycles. The van der Waals surface area contributed by atoms with Crippen LogP contribution in [0.15, 0.2) is 75.2 Å². The Hall–Kier alpha value is -2.73. The maximum absolute atomic E-state index is 12.4. The number of anilines is 1. The summed E-state index contributed by atoms with van der Waals surface area (Å²) >= 11 is 3.32. The topological polar surface area (TPSA) is 59.3 Å². The summed E-state index contributed by atoms with van der Waals surface area (Å²) in [6, 6.07) is 17.2. The average Bonchev–Trinajstić information content (AvgIpc) is 2.60. The summed E-state index contributed by atoms with van der Waals surface area (Å²) in [6.07, 6.45) is 3.26. The maximum atomic E-state index is 12.4.